The Morgan fingerprint density at radius 3 is 1.06 bits per heavy atom. The van der Waals surface area contributed by atoms with E-state index in [1.165, 1.54) is 0 Å². The highest BCUT2D eigenvalue weighted by molar-refractivity contribution is 5.67. The molecule has 0 fully saturated rings. The summed E-state index contributed by atoms with van der Waals surface area (Å²) in [6.07, 6.45) is -0.452. The molecular weight excluding hydrogens is 630 g/mol. The first-order valence-electron chi connectivity index (χ1n) is 16.8. The predicted molar refractivity (Wildman–Crippen MR) is 179 cm³/mol. The standard InChI is InChI=1S/C34H61NO13/c1-34(2,3)48-33(36)35-9-10-37-11-12-38-13-14-39-15-16-40-17-18-41-19-20-42-21-22-43-23-24-44-25-26-45-27-28-46-29-30-47-31-32-7-5-4-6-8-32/h4-8H,9-31H2,1-3H3,(H,35,36). The van der Waals surface area contributed by atoms with Crippen molar-refractivity contribution in [2.75, 3.05) is 145 Å². The third kappa shape index (κ3) is 33.9. The van der Waals surface area contributed by atoms with Crippen molar-refractivity contribution in [3.8, 4) is 0 Å². The number of carbonyl (C=O) groups is 1. The van der Waals surface area contributed by atoms with E-state index in [1.807, 2.05) is 51.1 Å². The lowest BCUT2D eigenvalue weighted by molar-refractivity contribution is -0.0277. The van der Waals surface area contributed by atoms with E-state index in [1.54, 1.807) is 0 Å². The average Bonchev–Trinajstić information content (AvgIpc) is 3.06. The van der Waals surface area contributed by atoms with Gasteiger partial charge in [0.05, 0.1) is 145 Å². The van der Waals surface area contributed by atoms with Gasteiger partial charge in [0.2, 0.25) is 0 Å². The van der Waals surface area contributed by atoms with Gasteiger partial charge in [-0.3, -0.25) is 0 Å². The van der Waals surface area contributed by atoms with Gasteiger partial charge in [-0.25, -0.2) is 4.79 Å². The lowest BCUT2D eigenvalue weighted by Gasteiger charge is -2.19. The number of hydrogen-bond acceptors (Lipinski definition) is 13. The van der Waals surface area contributed by atoms with E-state index in [-0.39, 0.29) is 0 Å². The lowest BCUT2D eigenvalue weighted by Crippen LogP contribution is -2.34. The fourth-order valence-electron chi connectivity index (χ4n) is 3.50. The Kier molecular flexibility index (Phi) is 30.8. The van der Waals surface area contributed by atoms with Crippen LogP contribution in [0.1, 0.15) is 26.3 Å². The average molecular weight is 692 g/mol. The third-order valence-electron chi connectivity index (χ3n) is 5.75. The van der Waals surface area contributed by atoms with Crippen molar-refractivity contribution in [1.29, 1.82) is 0 Å². The highest BCUT2D eigenvalue weighted by Gasteiger charge is 2.15. The molecule has 1 aromatic rings. The van der Waals surface area contributed by atoms with E-state index in [2.05, 4.69) is 5.32 Å². The zero-order chi connectivity index (χ0) is 34.6. The van der Waals surface area contributed by atoms with Gasteiger partial charge in [0.15, 0.2) is 0 Å². The summed E-state index contributed by atoms with van der Waals surface area (Å²) < 4.78 is 65.4. The minimum atomic E-state index is -0.511. The molecule has 0 aromatic heterocycles. The molecule has 14 heteroatoms. The largest absolute Gasteiger partial charge is 0.444 e. The maximum atomic E-state index is 11.5. The summed E-state index contributed by atoms with van der Waals surface area (Å²) in [4.78, 5) is 11.5. The number of hydrogen-bond donors (Lipinski definition) is 1. The summed E-state index contributed by atoms with van der Waals surface area (Å²) in [5.41, 5.74) is 0.644. The summed E-state index contributed by atoms with van der Waals surface area (Å²) in [5.74, 6) is 0. The fourth-order valence-corrected chi connectivity index (χ4v) is 3.50. The van der Waals surface area contributed by atoms with Crippen molar-refractivity contribution in [3.63, 3.8) is 0 Å². The van der Waals surface area contributed by atoms with Gasteiger partial charge >= 0.3 is 6.09 Å². The molecule has 48 heavy (non-hydrogen) atoms. The molecule has 0 atom stereocenters. The Bertz CT molecular complexity index is 814. The zero-order valence-corrected chi connectivity index (χ0v) is 29.5. The number of alkyl carbamates (subject to hydrolysis) is 1. The molecule has 0 bridgehead atoms. The van der Waals surface area contributed by atoms with Gasteiger partial charge in [-0.15, -0.1) is 0 Å². The minimum Gasteiger partial charge on any atom is -0.444 e. The smallest absolute Gasteiger partial charge is 0.407 e. The Morgan fingerprint density at radius 2 is 0.750 bits per heavy atom. The van der Waals surface area contributed by atoms with Crippen molar-refractivity contribution in [3.05, 3.63) is 35.9 Å². The van der Waals surface area contributed by atoms with Crippen LogP contribution in [0.2, 0.25) is 0 Å². The van der Waals surface area contributed by atoms with Crippen LogP contribution in [-0.4, -0.2) is 157 Å². The van der Waals surface area contributed by atoms with Crippen LogP contribution in [0.5, 0.6) is 0 Å². The van der Waals surface area contributed by atoms with Gasteiger partial charge < -0.3 is 62.2 Å². The quantitative estimate of drug-likeness (QED) is 0.105. The van der Waals surface area contributed by atoms with Crippen molar-refractivity contribution in [2.24, 2.45) is 0 Å². The van der Waals surface area contributed by atoms with Crippen LogP contribution in [0, 0.1) is 0 Å². The molecule has 0 aliphatic heterocycles. The predicted octanol–water partition coefficient (Wildman–Crippen LogP) is 2.89. The van der Waals surface area contributed by atoms with Gasteiger partial charge in [0.25, 0.3) is 0 Å². The fraction of sp³-hybridized carbons (Fsp3) is 0.794. The number of nitrogens with one attached hydrogen (secondary N) is 1. The first-order chi connectivity index (χ1) is 23.5. The van der Waals surface area contributed by atoms with E-state index < -0.39 is 11.7 Å². The Balaban J connectivity index is 1.63. The van der Waals surface area contributed by atoms with Crippen LogP contribution in [0.4, 0.5) is 4.79 Å². The summed E-state index contributed by atoms with van der Waals surface area (Å²) in [7, 11) is 0. The van der Waals surface area contributed by atoms with Crippen LogP contribution >= 0.6 is 0 Å². The first-order valence-corrected chi connectivity index (χ1v) is 16.8. The molecule has 0 saturated carbocycles. The summed E-state index contributed by atoms with van der Waals surface area (Å²) in [5, 5.41) is 2.63. The second-order valence-corrected chi connectivity index (χ2v) is 11.1. The molecule has 0 aliphatic rings. The lowest BCUT2D eigenvalue weighted by atomic mass is 10.2. The molecule has 0 unspecified atom stereocenters. The number of benzene rings is 1. The van der Waals surface area contributed by atoms with Gasteiger partial charge in [-0.2, -0.15) is 0 Å². The monoisotopic (exact) mass is 691 g/mol. The van der Waals surface area contributed by atoms with Crippen LogP contribution in [0.15, 0.2) is 30.3 Å². The topological polar surface area (TPSA) is 140 Å². The van der Waals surface area contributed by atoms with Gasteiger partial charge in [-0.05, 0) is 26.3 Å². The van der Waals surface area contributed by atoms with Crippen molar-refractivity contribution in [2.45, 2.75) is 33.0 Å². The molecule has 14 nitrogen and oxygen atoms in total. The highest BCUT2D eigenvalue weighted by atomic mass is 16.6. The molecule has 1 rings (SSSR count). The normalized spacial score (nSPS) is 11.6. The van der Waals surface area contributed by atoms with Crippen LogP contribution in [0.3, 0.4) is 0 Å². The van der Waals surface area contributed by atoms with Crippen LogP contribution in [-0.2, 0) is 63.4 Å². The number of rotatable bonds is 35. The minimum absolute atomic E-state index is 0.383. The second-order valence-electron chi connectivity index (χ2n) is 11.1. The van der Waals surface area contributed by atoms with Gasteiger partial charge in [0.1, 0.15) is 5.60 Å². The molecule has 0 spiro atoms. The van der Waals surface area contributed by atoms with Crippen molar-refractivity contribution < 1.29 is 61.6 Å². The number of carbonyl (C=O) groups excluding carboxylic acids is 1. The second kappa shape index (κ2) is 33.5. The van der Waals surface area contributed by atoms with E-state index in [4.69, 9.17) is 56.8 Å². The summed E-state index contributed by atoms with van der Waals surface area (Å²) >= 11 is 0. The SMILES string of the molecule is CC(C)(C)OC(=O)NCCOCCOCCOCCOCCOCCOCCOCCOCCOCCOCCOCc1ccccc1. The highest BCUT2D eigenvalue weighted by Crippen LogP contribution is 2.06. The Hall–Kier alpha value is -1.95. The molecule has 1 amide bonds. The Labute approximate surface area is 287 Å². The van der Waals surface area contributed by atoms with E-state index in [9.17, 15) is 4.79 Å². The molecular formula is C34H61NO13. The molecule has 1 aromatic carbocycles. The van der Waals surface area contributed by atoms with Crippen LogP contribution < -0.4 is 5.32 Å². The molecule has 0 aliphatic carbocycles. The van der Waals surface area contributed by atoms with Gasteiger partial charge in [0, 0.05) is 6.54 Å². The molecule has 0 saturated heterocycles. The Morgan fingerprint density at radius 1 is 0.458 bits per heavy atom. The first kappa shape index (κ1) is 44.1. The molecule has 0 heterocycles. The molecule has 0 radical (unpaired) electrons. The van der Waals surface area contributed by atoms with Crippen molar-refractivity contribution >= 4 is 6.09 Å². The van der Waals surface area contributed by atoms with E-state index in [0.717, 1.165) is 5.56 Å². The zero-order valence-electron chi connectivity index (χ0n) is 29.5. The van der Waals surface area contributed by atoms with E-state index >= 15 is 0 Å². The number of amides is 1. The van der Waals surface area contributed by atoms with E-state index in [0.29, 0.717) is 152 Å². The number of ether oxygens (including phenoxy) is 12. The van der Waals surface area contributed by atoms with Gasteiger partial charge in [-0.1, -0.05) is 30.3 Å². The molecule has 280 valence electrons. The summed E-state index contributed by atoms with van der Waals surface area (Å²) in [6, 6.07) is 10.1. The summed E-state index contributed by atoms with van der Waals surface area (Å²) in [6.45, 7) is 16.8. The van der Waals surface area contributed by atoms with Crippen LogP contribution in [0.25, 0.3) is 0 Å². The van der Waals surface area contributed by atoms with Crippen molar-refractivity contribution in [1.82, 2.24) is 5.32 Å². The maximum absolute atomic E-state index is 11.5. The third-order valence-corrected chi connectivity index (χ3v) is 5.75. The maximum Gasteiger partial charge on any atom is 0.407 e. The molecule has 1 N–H and O–H groups in total.